The first kappa shape index (κ1) is 19.2. The van der Waals surface area contributed by atoms with E-state index in [1.54, 1.807) is 24.3 Å². The van der Waals surface area contributed by atoms with E-state index in [4.69, 9.17) is 14.2 Å². The van der Waals surface area contributed by atoms with Crippen LogP contribution >= 0.6 is 11.8 Å². The second-order valence-electron chi connectivity index (χ2n) is 6.29. The van der Waals surface area contributed by atoms with Crippen LogP contribution in [0.4, 0.5) is 13.2 Å². The first-order chi connectivity index (χ1) is 13.3. The molecule has 2 aliphatic rings. The topological polar surface area (TPSA) is 70.5 Å². The number of carbonyl (C=O) groups excluding carboxylic acids is 1. The van der Waals surface area contributed by atoms with E-state index in [-0.39, 0.29) is 35.8 Å². The number of thioether (sulfide) groups is 1. The fraction of sp³-hybridized carbons (Fsp3) is 0.389. The number of nitrogens with zero attached hydrogens (tertiary/aromatic N) is 2. The van der Waals surface area contributed by atoms with Gasteiger partial charge in [0.2, 0.25) is 6.29 Å². The van der Waals surface area contributed by atoms with Gasteiger partial charge < -0.3 is 14.2 Å². The first-order valence-electron chi connectivity index (χ1n) is 8.41. The molecule has 0 amide bonds. The monoisotopic (exact) mass is 412 g/mol. The van der Waals surface area contributed by atoms with Crippen LogP contribution in [0.2, 0.25) is 0 Å². The van der Waals surface area contributed by atoms with E-state index in [0.29, 0.717) is 11.3 Å². The summed E-state index contributed by atoms with van der Waals surface area (Å²) in [6, 6.07) is 7.55. The number of hydrogen-bond acceptors (Lipinski definition) is 7. The lowest BCUT2D eigenvalue weighted by molar-refractivity contribution is -0.151. The number of benzene rings is 1. The van der Waals surface area contributed by atoms with Gasteiger partial charge in [-0.15, -0.1) is 0 Å². The predicted molar refractivity (Wildman–Crippen MR) is 92.9 cm³/mol. The molecule has 2 aromatic rings. The number of halogens is 3. The van der Waals surface area contributed by atoms with E-state index in [2.05, 4.69) is 9.97 Å². The summed E-state index contributed by atoms with van der Waals surface area (Å²) in [5.41, 5.74) is -0.555. The smallest absolute Gasteiger partial charge is 0.433 e. The van der Waals surface area contributed by atoms with Crippen LogP contribution in [0.5, 0.6) is 5.75 Å². The fourth-order valence-electron chi connectivity index (χ4n) is 3.08. The van der Waals surface area contributed by atoms with E-state index >= 15 is 0 Å². The maximum Gasteiger partial charge on any atom is 0.433 e. The Morgan fingerprint density at radius 1 is 1.25 bits per heavy atom. The van der Waals surface area contributed by atoms with Crippen LogP contribution in [0.25, 0.3) is 11.3 Å². The molecule has 3 heterocycles. The molecule has 2 aliphatic heterocycles. The van der Waals surface area contributed by atoms with E-state index < -0.39 is 23.4 Å². The Balaban J connectivity index is 1.72. The minimum Gasteiger partial charge on any atom is -0.496 e. The molecule has 2 saturated heterocycles. The molecule has 0 spiro atoms. The summed E-state index contributed by atoms with van der Waals surface area (Å²) >= 11 is 0.991. The van der Waals surface area contributed by atoms with Crippen molar-refractivity contribution in [2.24, 2.45) is 0 Å². The highest BCUT2D eigenvalue weighted by Crippen LogP contribution is 2.39. The number of carbonyl (C=O) groups is 1. The molecule has 0 N–H and O–H groups in total. The zero-order chi connectivity index (χ0) is 19.9. The minimum atomic E-state index is -4.64. The molecule has 2 fully saturated rings. The molecule has 0 aliphatic carbocycles. The van der Waals surface area contributed by atoms with Gasteiger partial charge in [-0.1, -0.05) is 23.9 Å². The van der Waals surface area contributed by atoms with Gasteiger partial charge in [-0.25, -0.2) is 9.97 Å². The normalized spacial score (nSPS) is 24.4. The number of aromatic nitrogens is 2. The number of methoxy groups -OCH3 is 1. The second-order valence-corrected chi connectivity index (χ2v) is 7.49. The van der Waals surface area contributed by atoms with E-state index in [9.17, 15) is 18.0 Å². The summed E-state index contributed by atoms with van der Waals surface area (Å²) in [4.78, 5) is 19.9. The van der Waals surface area contributed by atoms with Crippen molar-refractivity contribution in [1.29, 1.82) is 0 Å². The zero-order valence-corrected chi connectivity index (χ0v) is 15.4. The molecule has 1 aromatic carbocycles. The van der Waals surface area contributed by atoms with Crippen LogP contribution in [0.3, 0.4) is 0 Å². The van der Waals surface area contributed by atoms with Gasteiger partial charge in [-0.2, -0.15) is 13.2 Å². The van der Waals surface area contributed by atoms with E-state index in [1.807, 2.05) is 0 Å². The lowest BCUT2D eigenvalue weighted by atomic mass is 10.1. The Kier molecular flexibility index (Phi) is 5.02. The van der Waals surface area contributed by atoms with Crippen LogP contribution in [0, 0.1) is 0 Å². The highest BCUT2D eigenvalue weighted by atomic mass is 32.2. The number of para-hydroxylation sites is 1. The number of Topliss-reactive ketones (excluding diaryl/α,β-unsaturated/α-hetero) is 1. The van der Waals surface area contributed by atoms with Gasteiger partial charge in [-0.3, -0.25) is 4.79 Å². The lowest BCUT2D eigenvalue weighted by Gasteiger charge is -2.25. The van der Waals surface area contributed by atoms with Crippen molar-refractivity contribution in [1.82, 2.24) is 9.97 Å². The Morgan fingerprint density at radius 2 is 2.04 bits per heavy atom. The van der Waals surface area contributed by atoms with Crippen molar-refractivity contribution in [2.75, 3.05) is 13.7 Å². The quantitative estimate of drug-likeness (QED) is 0.714. The number of ether oxygens (including phenoxy) is 3. The molecule has 0 unspecified atom stereocenters. The SMILES string of the molecule is COc1ccccc1-c1cc(C(F)(F)F)nc(S[C@@H]2CC(=O)[C@H]3OC[C@@H]2O3)n1. The Hall–Kier alpha value is -2.17. The number of hydrogen-bond donors (Lipinski definition) is 0. The van der Waals surface area contributed by atoms with E-state index in [0.717, 1.165) is 17.8 Å². The van der Waals surface area contributed by atoms with Gasteiger partial charge in [-0.05, 0) is 18.2 Å². The molecule has 3 atom stereocenters. The van der Waals surface area contributed by atoms with Gasteiger partial charge in [0.25, 0.3) is 0 Å². The molecule has 6 nitrogen and oxygen atoms in total. The summed E-state index contributed by atoms with van der Waals surface area (Å²) in [7, 11) is 1.43. The van der Waals surface area contributed by atoms with E-state index in [1.165, 1.54) is 7.11 Å². The molecule has 28 heavy (non-hydrogen) atoms. The number of rotatable bonds is 4. The maximum absolute atomic E-state index is 13.4. The van der Waals surface area contributed by atoms with Gasteiger partial charge in [0, 0.05) is 17.2 Å². The minimum absolute atomic E-state index is 0.0810. The average Bonchev–Trinajstić information content (AvgIpc) is 3.11. The highest BCUT2D eigenvalue weighted by molar-refractivity contribution is 7.99. The third-order valence-electron chi connectivity index (χ3n) is 4.43. The Labute approximate surface area is 162 Å². The fourth-order valence-corrected chi connectivity index (χ4v) is 4.19. The van der Waals surface area contributed by atoms with Crippen molar-refractivity contribution < 1.29 is 32.2 Å². The highest BCUT2D eigenvalue weighted by Gasteiger charge is 2.44. The Morgan fingerprint density at radius 3 is 2.79 bits per heavy atom. The van der Waals surface area contributed by atoms with Gasteiger partial charge in [0.15, 0.2) is 10.9 Å². The lowest BCUT2D eigenvalue weighted by Crippen LogP contribution is -2.37. The number of ketones is 1. The van der Waals surface area contributed by atoms with Crippen molar-refractivity contribution in [3.8, 4) is 17.0 Å². The molecular weight excluding hydrogens is 397 g/mol. The van der Waals surface area contributed by atoms with Crippen molar-refractivity contribution in [3.05, 3.63) is 36.0 Å². The van der Waals surface area contributed by atoms with Crippen molar-refractivity contribution in [3.63, 3.8) is 0 Å². The first-order valence-corrected chi connectivity index (χ1v) is 9.29. The van der Waals surface area contributed by atoms with Crippen LogP contribution in [0.15, 0.2) is 35.5 Å². The zero-order valence-electron chi connectivity index (χ0n) is 14.6. The molecule has 0 radical (unpaired) electrons. The number of fused-ring (bicyclic) bond motifs is 2. The largest absolute Gasteiger partial charge is 0.496 e. The summed E-state index contributed by atoms with van der Waals surface area (Å²) in [6.07, 6.45) is -5.77. The molecule has 2 bridgehead atoms. The summed E-state index contributed by atoms with van der Waals surface area (Å²) < 4.78 is 56.1. The summed E-state index contributed by atoms with van der Waals surface area (Å²) in [6.45, 7) is 0.215. The van der Waals surface area contributed by atoms with Crippen LogP contribution in [0.1, 0.15) is 12.1 Å². The molecular formula is C18H15F3N2O4S. The maximum atomic E-state index is 13.4. The summed E-state index contributed by atoms with van der Waals surface area (Å²) in [5.74, 6) is 0.164. The average molecular weight is 412 g/mol. The molecule has 148 valence electrons. The van der Waals surface area contributed by atoms with Crippen LogP contribution in [-0.2, 0) is 20.4 Å². The van der Waals surface area contributed by atoms with Crippen LogP contribution < -0.4 is 4.74 Å². The molecule has 0 saturated carbocycles. The standard InChI is InChI=1S/C18H15F3N2O4S/c1-25-12-5-3-2-4-9(12)10-6-15(18(19,20)21)23-17(22-10)28-14-7-11(24)16-26-8-13(14)27-16/h2-6,13-14,16H,7-8H2,1H3/t13-,14+,16-/m0/s1. The Bertz CT molecular complexity index is 909. The number of alkyl halides is 3. The van der Waals surface area contributed by atoms with Crippen molar-refractivity contribution >= 4 is 17.5 Å². The predicted octanol–water partition coefficient (Wildman–Crippen LogP) is 3.35. The third kappa shape index (κ3) is 3.71. The molecule has 10 heteroatoms. The second kappa shape index (κ2) is 7.34. The molecule has 4 rings (SSSR count). The third-order valence-corrected chi connectivity index (χ3v) is 5.59. The summed E-state index contributed by atoms with van der Waals surface area (Å²) in [5, 5.41) is -0.497. The van der Waals surface area contributed by atoms with Crippen molar-refractivity contribution in [2.45, 2.75) is 35.4 Å². The molecule has 1 aromatic heterocycles. The van der Waals surface area contributed by atoms with Gasteiger partial charge in [0.05, 0.1) is 25.5 Å². The van der Waals surface area contributed by atoms with Gasteiger partial charge in [0.1, 0.15) is 11.4 Å². The van der Waals surface area contributed by atoms with Crippen LogP contribution in [-0.4, -0.2) is 47.1 Å². The van der Waals surface area contributed by atoms with Gasteiger partial charge >= 0.3 is 6.18 Å².